The van der Waals surface area contributed by atoms with Crippen molar-refractivity contribution in [2.24, 2.45) is 0 Å². The molecule has 0 spiro atoms. The third kappa shape index (κ3) is 1.95. The van der Waals surface area contributed by atoms with Gasteiger partial charge in [-0.2, -0.15) is 0 Å². The fraction of sp³-hybridized carbons (Fsp3) is 0. The molecule has 0 aromatic heterocycles. The summed E-state index contributed by atoms with van der Waals surface area (Å²) in [5.74, 6) is 10.1. The van der Waals surface area contributed by atoms with Crippen LogP contribution >= 0.6 is 0 Å². The van der Waals surface area contributed by atoms with Gasteiger partial charge in [-0.15, -0.1) is 12.8 Å². The summed E-state index contributed by atoms with van der Waals surface area (Å²) in [5.41, 5.74) is 1.67. The van der Waals surface area contributed by atoms with Crippen molar-refractivity contribution in [1.29, 1.82) is 0 Å². The third-order valence-electron chi connectivity index (χ3n) is 1.31. The highest BCUT2D eigenvalue weighted by Gasteiger charge is 1.87. The lowest BCUT2D eigenvalue weighted by Gasteiger charge is -1.90. The van der Waals surface area contributed by atoms with Gasteiger partial charge in [0.1, 0.15) is 0 Å². The van der Waals surface area contributed by atoms with Gasteiger partial charge >= 0.3 is 0 Å². The van der Waals surface area contributed by atoms with Crippen LogP contribution in [0.5, 0.6) is 0 Å². The number of rotatable bonds is 0. The molecule has 0 aliphatic carbocycles. The van der Waals surface area contributed by atoms with Crippen LogP contribution in [-0.2, 0) is 0 Å². The van der Waals surface area contributed by atoms with Crippen molar-refractivity contribution in [2.75, 3.05) is 0 Å². The molecule has 1 rings (SSSR count). The Morgan fingerprint density at radius 2 is 1.83 bits per heavy atom. The summed E-state index contributed by atoms with van der Waals surface area (Å²) in [6.07, 6.45) is 10.2. The first-order valence-corrected chi connectivity index (χ1v) is 3.40. The fourth-order valence-corrected chi connectivity index (χ4v) is 0.795. The molecule has 0 heteroatoms. The van der Waals surface area contributed by atoms with E-state index in [2.05, 4.69) is 23.7 Å². The van der Waals surface area contributed by atoms with Crippen molar-refractivity contribution in [2.45, 2.75) is 0 Å². The standard InChI is InChI=1S/C12H6/c1-3-5-7-12-9-6-8-11(4-2)10-12/h1-2,6,8-10H. The van der Waals surface area contributed by atoms with E-state index in [4.69, 9.17) is 12.8 Å². The molecular weight excluding hydrogens is 144 g/mol. The molecule has 0 amide bonds. The fourth-order valence-electron chi connectivity index (χ4n) is 0.795. The zero-order chi connectivity index (χ0) is 8.81. The highest BCUT2D eigenvalue weighted by Crippen LogP contribution is 2.01. The molecule has 0 radical (unpaired) electrons. The van der Waals surface area contributed by atoms with Crippen LogP contribution in [0.3, 0.4) is 0 Å². The Balaban J connectivity index is 3.06. The second-order valence-electron chi connectivity index (χ2n) is 2.12. The van der Waals surface area contributed by atoms with E-state index in [0.717, 1.165) is 11.1 Å². The first-order valence-electron chi connectivity index (χ1n) is 3.40. The van der Waals surface area contributed by atoms with E-state index in [0.29, 0.717) is 0 Å². The summed E-state index contributed by atoms with van der Waals surface area (Å²) in [5, 5.41) is 0. The predicted molar refractivity (Wildman–Crippen MR) is 50.1 cm³/mol. The van der Waals surface area contributed by atoms with Crippen LogP contribution in [0.2, 0.25) is 0 Å². The van der Waals surface area contributed by atoms with E-state index in [1.54, 1.807) is 0 Å². The molecule has 0 fully saturated rings. The minimum Gasteiger partial charge on any atom is -0.115 e. The monoisotopic (exact) mass is 150 g/mol. The summed E-state index contributed by atoms with van der Waals surface area (Å²) >= 11 is 0. The average molecular weight is 150 g/mol. The summed E-state index contributed by atoms with van der Waals surface area (Å²) in [6.45, 7) is 0. The highest BCUT2D eigenvalue weighted by molar-refractivity contribution is 5.44. The van der Waals surface area contributed by atoms with Crippen LogP contribution in [0.4, 0.5) is 0 Å². The molecule has 0 unspecified atom stereocenters. The Morgan fingerprint density at radius 3 is 2.50 bits per heavy atom. The van der Waals surface area contributed by atoms with Crippen LogP contribution in [0.1, 0.15) is 11.1 Å². The zero-order valence-corrected chi connectivity index (χ0v) is 6.46. The van der Waals surface area contributed by atoms with E-state index in [9.17, 15) is 0 Å². The highest BCUT2D eigenvalue weighted by atomic mass is 13.9. The van der Waals surface area contributed by atoms with Gasteiger partial charge < -0.3 is 0 Å². The van der Waals surface area contributed by atoms with Crippen LogP contribution in [0.25, 0.3) is 0 Å². The second-order valence-corrected chi connectivity index (χ2v) is 2.12. The maximum absolute atomic E-state index is 5.21. The van der Waals surface area contributed by atoms with Crippen molar-refractivity contribution in [3.8, 4) is 36.5 Å². The number of hydrogen-bond acceptors (Lipinski definition) is 0. The Morgan fingerprint density at radius 1 is 1.08 bits per heavy atom. The Bertz CT molecular complexity index is 414. The molecule has 0 saturated carbocycles. The minimum absolute atomic E-state index is 0.818. The molecule has 1 aromatic rings. The van der Waals surface area contributed by atoms with Crippen molar-refractivity contribution in [3.63, 3.8) is 0 Å². The van der Waals surface area contributed by atoms with Gasteiger partial charge in [-0.3, -0.25) is 0 Å². The van der Waals surface area contributed by atoms with Gasteiger partial charge in [-0.05, 0) is 30.0 Å². The molecule has 0 nitrogen and oxygen atoms in total. The SMILES string of the molecule is C#CC#Cc1cccc(C#C)c1. The van der Waals surface area contributed by atoms with Crippen LogP contribution in [-0.4, -0.2) is 0 Å². The second kappa shape index (κ2) is 3.92. The van der Waals surface area contributed by atoms with Gasteiger partial charge in [0, 0.05) is 11.1 Å². The quantitative estimate of drug-likeness (QED) is 0.493. The van der Waals surface area contributed by atoms with Crippen molar-refractivity contribution in [1.82, 2.24) is 0 Å². The maximum atomic E-state index is 5.21. The van der Waals surface area contributed by atoms with E-state index in [1.807, 2.05) is 24.3 Å². The maximum Gasteiger partial charge on any atom is 0.0267 e. The zero-order valence-electron chi connectivity index (χ0n) is 6.46. The van der Waals surface area contributed by atoms with Crippen LogP contribution < -0.4 is 0 Å². The van der Waals surface area contributed by atoms with E-state index in [-0.39, 0.29) is 0 Å². The normalized spacial score (nSPS) is 7.17. The molecular formula is C12H6. The van der Waals surface area contributed by atoms with Gasteiger partial charge in [-0.25, -0.2) is 0 Å². The van der Waals surface area contributed by atoms with Gasteiger partial charge in [0.25, 0.3) is 0 Å². The molecule has 0 aliphatic rings. The van der Waals surface area contributed by atoms with E-state index < -0.39 is 0 Å². The van der Waals surface area contributed by atoms with Crippen LogP contribution in [0.15, 0.2) is 24.3 Å². The van der Waals surface area contributed by atoms with Gasteiger partial charge in [-0.1, -0.05) is 17.9 Å². The lowest BCUT2D eigenvalue weighted by molar-refractivity contribution is 1.60. The lowest BCUT2D eigenvalue weighted by atomic mass is 10.1. The average Bonchev–Trinajstić information content (AvgIpc) is 2.15. The third-order valence-corrected chi connectivity index (χ3v) is 1.31. The molecule has 0 bridgehead atoms. The smallest absolute Gasteiger partial charge is 0.0267 e. The molecule has 0 N–H and O–H groups in total. The number of terminal acetylenes is 2. The molecule has 0 heterocycles. The molecule has 0 aliphatic heterocycles. The summed E-state index contributed by atoms with van der Waals surface area (Å²) < 4.78 is 0. The van der Waals surface area contributed by atoms with Gasteiger partial charge in [0.15, 0.2) is 0 Å². The predicted octanol–water partition coefficient (Wildman–Crippen LogP) is 1.65. The first-order chi connectivity index (χ1) is 5.86. The number of hydrogen-bond donors (Lipinski definition) is 0. The Hall–Kier alpha value is -2.10. The van der Waals surface area contributed by atoms with Crippen LogP contribution in [0, 0.1) is 36.5 Å². The van der Waals surface area contributed by atoms with Gasteiger partial charge in [0.05, 0.1) is 0 Å². The Labute approximate surface area is 72.6 Å². The largest absolute Gasteiger partial charge is 0.115 e. The molecule has 1 aromatic carbocycles. The molecule has 0 saturated heterocycles. The van der Waals surface area contributed by atoms with Crippen molar-refractivity contribution >= 4 is 0 Å². The number of benzene rings is 1. The molecule has 54 valence electrons. The Kier molecular flexibility index (Phi) is 2.62. The van der Waals surface area contributed by atoms with Gasteiger partial charge in [0.2, 0.25) is 0 Å². The lowest BCUT2D eigenvalue weighted by Crippen LogP contribution is -1.76. The summed E-state index contributed by atoms with van der Waals surface area (Å²) in [7, 11) is 0. The first kappa shape index (κ1) is 8.00. The minimum atomic E-state index is 0.818. The molecule has 0 atom stereocenters. The molecule has 12 heavy (non-hydrogen) atoms. The summed E-state index contributed by atoms with van der Waals surface area (Å²) in [6, 6.07) is 7.40. The van der Waals surface area contributed by atoms with Crippen molar-refractivity contribution in [3.05, 3.63) is 35.4 Å². The van der Waals surface area contributed by atoms with E-state index in [1.165, 1.54) is 0 Å². The topological polar surface area (TPSA) is 0 Å². The van der Waals surface area contributed by atoms with Crippen molar-refractivity contribution < 1.29 is 0 Å². The van der Waals surface area contributed by atoms with E-state index >= 15 is 0 Å². The summed E-state index contributed by atoms with van der Waals surface area (Å²) in [4.78, 5) is 0.